The Morgan fingerprint density at radius 3 is 1.67 bits per heavy atom. The van der Waals surface area contributed by atoms with Crippen molar-refractivity contribution in [2.75, 3.05) is 26.4 Å². The van der Waals surface area contributed by atoms with Gasteiger partial charge < -0.3 is 34.3 Å². The van der Waals surface area contributed by atoms with Gasteiger partial charge in [-0.05, 0) is 16.7 Å². The van der Waals surface area contributed by atoms with Crippen LogP contribution in [0, 0.1) is 11.8 Å². The van der Waals surface area contributed by atoms with Crippen molar-refractivity contribution in [1.29, 1.82) is 0 Å². The lowest BCUT2D eigenvalue weighted by atomic mass is 9.74. The number of epoxide rings is 1. The van der Waals surface area contributed by atoms with E-state index in [0.717, 1.165) is 16.7 Å². The van der Waals surface area contributed by atoms with E-state index in [1.165, 1.54) is 0 Å². The summed E-state index contributed by atoms with van der Waals surface area (Å²) in [5.41, 5.74) is -0.875. The van der Waals surface area contributed by atoms with Crippen LogP contribution in [-0.2, 0) is 43.6 Å². The minimum Gasteiger partial charge on any atom is -0.389 e. The van der Waals surface area contributed by atoms with E-state index in [0.29, 0.717) is 6.61 Å². The molecule has 0 radical (unpaired) electrons. The Kier molecular flexibility index (Phi) is 11.4. The molecule has 8 heteroatoms. The maximum Gasteiger partial charge on any atom is 0.151 e. The van der Waals surface area contributed by atoms with Crippen LogP contribution in [-0.4, -0.2) is 70.9 Å². The second kappa shape index (κ2) is 15.0. The van der Waals surface area contributed by atoms with Gasteiger partial charge in [-0.1, -0.05) is 105 Å². The molecule has 42 heavy (non-hydrogen) atoms. The predicted molar refractivity (Wildman–Crippen MR) is 157 cm³/mol. The topological polar surface area (TPSA) is 118 Å². The number of benzene rings is 3. The highest BCUT2D eigenvalue weighted by Crippen LogP contribution is 2.46. The van der Waals surface area contributed by atoms with Crippen LogP contribution in [0.2, 0.25) is 0 Å². The first kappa shape index (κ1) is 32.0. The van der Waals surface area contributed by atoms with E-state index in [1.807, 2.05) is 91.0 Å². The number of rotatable bonds is 18. The Hall–Kier alpha value is -2.95. The molecule has 1 heterocycles. The van der Waals surface area contributed by atoms with Gasteiger partial charge in [0, 0.05) is 11.8 Å². The number of ketones is 1. The Labute approximate surface area is 247 Å². The second-order valence-corrected chi connectivity index (χ2v) is 11.1. The molecule has 0 bridgehead atoms. The highest BCUT2D eigenvalue weighted by Gasteiger charge is 2.69. The second-order valence-electron chi connectivity index (χ2n) is 11.1. The Bertz CT molecular complexity index is 1220. The number of ether oxygens (including phenoxy) is 4. The molecule has 1 aliphatic heterocycles. The third-order valence-corrected chi connectivity index (χ3v) is 7.93. The van der Waals surface area contributed by atoms with Gasteiger partial charge in [0.05, 0.1) is 52.4 Å². The van der Waals surface area contributed by atoms with E-state index in [2.05, 4.69) is 0 Å². The van der Waals surface area contributed by atoms with E-state index >= 15 is 0 Å². The van der Waals surface area contributed by atoms with Crippen molar-refractivity contribution in [1.82, 2.24) is 0 Å². The van der Waals surface area contributed by atoms with E-state index in [4.69, 9.17) is 18.9 Å². The van der Waals surface area contributed by atoms with Crippen LogP contribution in [0.3, 0.4) is 0 Å². The summed E-state index contributed by atoms with van der Waals surface area (Å²) in [6, 6.07) is 28.6. The minimum atomic E-state index is -2.06. The van der Waals surface area contributed by atoms with Crippen LogP contribution >= 0.6 is 0 Å². The summed E-state index contributed by atoms with van der Waals surface area (Å²) in [4.78, 5) is 13.3. The standard InChI is InChI=1S/C34H42O8/c1-25(18-39-19-27-12-6-3-7-13-27)31(36)26(2)32(37)34(24-42-34)33(38,23-41-21-29-16-10-5-11-17-29)30(35)22-40-20-28-14-8-4-9-15-28/h3-17,25-26,30,32,35,37-38H,18-24H2,1-2H3/t25-,26+,30+,32+,33-,34+/m0/s1. The molecule has 6 atom stereocenters. The highest BCUT2D eigenvalue weighted by molar-refractivity contribution is 5.83. The monoisotopic (exact) mass is 578 g/mol. The first-order chi connectivity index (χ1) is 20.3. The SMILES string of the molecule is C[C@H](C(=O)[C@@H](C)COCc1ccccc1)[C@@H](O)[C@@]1([C@](O)(COCc2ccccc2)[C@H](O)COCc2ccccc2)CO1. The molecule has 8 nitrogen and oxygen atoms in total. The summed E-state index contributed by atoms with van der Waals surface area (Å²) >= 11 is 0. The number of Topliss-reactive ketones (excluding diaryl/α,β-unsaturated/α-hetero) is 1. The van der Waals surface area contributed by atoms with Gasteiger partial charge in [0.15, 0.2) is 5.60 Å². The molecule has 0 aliphatic carbocycles. The molecule has 3 N–H and O–H groups in total. The van der Waals surface area contributed by atoms with Gasteiger partial charge in [0.25, 0.3) is 0 Å². The Morgan fingerprint density at radius 2 is 1.21 bits per heavy atom. The van der Waals surface area contributed by atoms with Crippen LogP contribution in [0.5, 0.6) is 0 Å². The maximum absolute atomic E-state index is 13.3. The Balaban J connectivity index is 1.42. The van der Waals surface area contributed by atoms with Gasteiger partial charge in [-0.25, -0.2) is 0 Å². The lowest BCUT2D eigenvalue weighted by Crippen LogP contribution is -2.65. The number of hydrogen-bond donors (Lipinski definition) is 3. The number of aliphatic hydroxyl groups is 3. The summed E-state index contributed by atoms with van der Waals surface area (Å²) < 4.78 is 23.1. The van der Waals surface area contributed by atoms with Gasteiger partial charge in [0.2, 0.25) is 0 Å². The zero-order valence-electron chi connectivity index (χ0n) is 24.3. The van der Waals surface area contributed by atoms with E-state index in [9.17, 15) is 20.1 Å². The van der Waals surface area contributed by atoms with Gasteiger partial charge in [-0.3, -0.25) is 4.79 Å². The first-order valence-corrected chi connectivity index (χ1v) is 14.4. The van der Waals surface area contributed by atoms with Crippen molar-refractivity contribution >= 4 is 5.78 Å². The van der Waals surface area contributed by atoms with Gasteiger partial charge in [-0.2, -0.15) is 0 Å². The minimum absolute atomic E-state index is 0.0500. The van der Waals surface area contributed by atoms with Crippen LogP contribution in [0.25, 0.3) is 0 Å². The molecule has 1 saturated heterocycles. The average Bonchev–Trinajstić information content (AvgIpc) is 3.84. The average molecular weight is 579 g/mol. The largest absolute Gasteiger partial charge is 0.389 e. The summed E-state index contributed by atoms with van der Waals surface area (Å²) in [6.07, 6.45) is -2.88. The molecule has 1 aliphatic rings. The van der Waals surface area contributed by atoms with Crippen molar-refractivity contribution in [3.8, 4) is 0 Å². The summed E-state index contributed by atoms with van der Waals surface area (Å²) in [6.45, 7) is 3.68. The molecular formula is C34H42O8. The molecule has 1 fully saturated rings. The van der Waals surface area contributed by atoms with Crippen LogP contribution in [0.15, 0.2) is 91.0 Å². The zero-order valence-corrected chi connectivity index (χ0v) is 24.3. The first-order valence-electron chi connectivity index (χ1n) is 14.4. The Morgan fingerprint density at radius 1 is 0.786 bits per heavy atom. The molecule has 4 rings (SSSR count). The van der Waals surface area contributed by atoms with Gasteiger partial charge >= 0.3 is 0 Å². The van der Waals surface area contributed by atoms with Crippen molar-refractivity contribution in [2.45, 2.75) is 57.1 Å². The summed E-state index contributed by atoms with van der Waals surface area (Å²) in [5, 5.41) is 34.7. The molecule has 0 aromatic heterocycles. The summed E-state index contributed by atoms with van der Waals surface area (Å²) in [7, 11) is 0. The van der Waals surface area contributed by atoms with Crippen molar-refractivity contribution < 1.29 is 39.1 Å². The maximum atomic E-state index is 13.3. The molecule has 0 unspecified atom stereocenters. The van der Waals surface area contributed by atoms with Crippen LogP contribution in [0.1, 0.15) is 30.5 Å². The van der Waals surface area contributed by atoms with E-state index < -0.39 is 35.2 Å². The molecule has 0 spiro atoms. The molecule has 0 saturated carbocycles. The number of carbonyl (C=O) groups is 1. The summed E-state index contributed by atoms with van der Waals surface area (Å²) in [5.74, 6) is -1.63. The van der Waals surface area contributed by atoms with Crippen LogP contribution in [0.4, 0.5) is 0 Å². The fourth-order valence-corrected chi connectivity index (χ4v) is 5.17. The van der Waals surface area contributed by atoms with Crippen LogP contribution < -0.4 is 0 Å². The third-order valence-electron chi connectivity index (χ3n) is 7.93. The fraction of sp³-hybridized carbons (Fsp3) is 0.441. The molecular weight excluding hydrogens is 536 g/mol. The lowest BCUT2D eigenvalue weighted by Gasteiger charge is -2.41. The quantitative estimate of drug-likeness (QED) is 0.196. The van der Waals surface area contributed by atoms with Gasteiger partial charge in [0.1, 0.15) is 17.5 Å². The number of carbonyl (C=O) groups excluding carboxylic acids is 1. The van der Waals surface area contributed by atoms with Crippen molar-refractivity contribution in [3.63, 3.8) is 0 Å². The molecule has 226 valence electrons. The molecule has 3 aromatic carbocycles. The molecule has 3 aromatic rings. The van der Waals surface area contributed by atoms with Crippen molar-refractivity contribution in [3.05, 3.63) is 108 Å². The smallest absolute Gasteiger partial charge is 0.151 e. The highest BCUT2D eigenvalue weighted by atomic mass is 16.6. The zero-order chi connectivity index (χ0) is 30.0. The van der Waals surface area contributed by atoms with Gasteiger partial charge in [-0.15, -0.1) is 0 Å². The lowest BCUT2D eigenvalue weighted by molar-refractivity contribution is -0.203. The van der Waals surface area contributed by atoms with E-state index in [1.54, 1.807) is 13.8 Å². The predicted octanol–water partition coefficient (Wildman–Crippen LogP) is 3.70. The van der Waals surface area contributed by atoms with Crippen molar-refractivity contribution in [2.24, 2.45) is 11.8 Å². The number of aliphatic hydroxyl groups excluding tert-OH is 2. The normalized spacial score (nSPS) is 20.7. The fourth-order valence-electron chi connectivity index (χ4n) is 5.17. The van der Waals surface area contributed by atoms with E-state index in [-0.39, 0.29) is 45.4 Å². The number of hydrogen-bond acceptors (Lipinski definition) is 8. The third kappa shape index (κ3) is 7.90. The molecule has 0 amide bonds.